The van der Waals surface area contributed by atoms with E-state index in [1.807, 2.05) is 24.3 Å². The lowest BCUT2D eigenvalue weighted by Crippen LogP contribution is -1.98. The molecule has 0 saturated heterocycles. The Balaban J connectivity index is 2.64. The van der Waals surface area contributed by atoms with Gasteiger partial charge in [-0.15, -0.1) is 0 Å². The summed E-state index contributed by atoms with van der Waals surface area (Å²) in [6, 6.07) is 7.73. The summed E-state index contributed by atoms with van der Waals surface area (Å²) in [5, 5.41) is 0. The summed E-state index contributed by atoms with van der Waals surface area (Å²) in [5.74, 6) is -0.315. The van der Waals surface area contributed by atoms with Gasteiger partial charge < -0.3 is 4.74 Å². The van der Waals surface area contributed by atoms with Gasteiger partial charge in [0.15, 0.2) is 0 Å². The van der Waals surface area contributed by atoms with Crippen LogP contribution < -0.4 is 0 Å². The molecule has 0 heterocycles. The van der Waals surface area contributed by atoms with E-state index in [-0.39, 0.29) is 5.97 Å². The van der Waals surface area contributed by atoms with Crippen LogP contribution in [0.25, 0.3) is 12.2 Å². The Kier molecular flexibility index (Phi) is 4.35. The number of rotatable bonds is 4. The molecule has 0 radical (unpaired) electrons. The number of carbonyl (C=O) groups excluding carboxylic acids is 1. The van der Waals surface area contributed by atoms with E-state index in [9.17, 15) is 4.79 Å². The van der Waals surface area contributed by atoms with E-state index in [1.165, 1.54) is 6.08 Å². The highest BCUT2D eigenvalue weighted by Gasteiger charge is 1.93. The molecule has 0 amide bonds. The van der Waals surface area contributed by atoms with Crippen LogP contribution in [0.5, 0.6) is 0 Å². The lowest BCUT2D eigenvalue weighted by atomic mass is 10.1. The molecule has 1 rings (SSSR count). The fourth-order valence-electron chi connectivity index (χ4n) is 1.10. The van der Waals surface area contributed by atoms with Crippen LogP contribution in [-0.4, -0.2) is 12.6 Å². The van der Waals surface area contributed by atoms with Gasteiger partial charge in [0.1, 0.15) is 0 Å². The van der Waals surface area contributed by atoms with Gasteiger partial charge >= 0.3 is 5.97 Å². The van der Waals surface area contributed by atoms with Crippen molar-refractivity contribution in [2.45, 2.75) is 6.92 Å². The minimum Gasteiger partial charge on any atom is -0.463 e. The van der Waals surface area contributed by atoms with Crippen molar-refractivity contribution < 1.29 is 9.53 Å². The Morgan fingerprint density at radius 1 is 1.33 bits per heavy atom. The summed E-state index contributed by atoms with van der Waals surface area (Å²) >= 11 is 0. The highest BCUT2D eigenvalue weighted by Crippen LogP contribution is 2.07. The Bertz CT molecular complexity index is 361. The second-order valence-electron chi connectivity index (χ2n) is 2.96. The summed E-state index contributed by atoms with van der Waals surface area (Å²) in [6.07, 6.45) is 4.93. The molecule has 2 nitrogen and oxygen atoms in total. The molecule has 1 aromatic rings. The molecule has 0 saturated carbocycles. The lowest BCUT2D eigenvalue weighted by molar-refractivity contribution is -0.137. The first kappa shape index (κ1) is 11.2. The SMILES string of the molecule is C=Cc1ccc(C=CC(=O)OCC)cc1. The number of esters is 1. The summed E-state index contributed by atoms with van der Waals surface area (Å²) in [6.45, 7) is 5.85. The zero-order chi connectivity index (χ0) is 11.1. The van der Waals surface area contributed by atoms with E-state index in [4.69, 9.17) is 4.74 Å². The fraction of sp³-hybridized carbons (Fsp3) is 0.154. The minimum atomic E-state index is -0.315. The van der Waals surface area contributed by atoms with Gasteiger partial charge in [0.2, 0.25) is 0 Å². The van der Waals surface area contributed by atoms with Crippen molar-refractivity contribution in [3.63, 3.8) is 0 Å². The van der Waals surface area contributed by atoms with Gasteiger partial charge in [0.05, 0.1) is 6.61 Å². The predicted molar refractivity (Wildman–Crippen MR) is 62.2 cm³/mol. The second kappa shape index (κ2) is 5.81. The molecule has 0 aromatic heterocycles. The third-order valence-corrected chi connectivity index (χ3v) is 1.87. The zero-order valence-corrected chi connectivity index (χ0v) is 8.77. The number of hydrogen-bond donors (Lipinski definition) is 0. The van der Waals surface area contributed by atoms with E-state index in [2.05, 4.69) is 6.58 Å². The van der Waals surface area contributed by atoms with Gasteiger partial charge in [-0.3, -0.25) is 0 Å². The number of hydrogen-bond acceptors (Lipinski definition) is 2. The van der Waals surface area contributed by atoms with Crippen LogP contribution >= 0.6 is 0 Å². The molecule has 0 fully saturated rings. The zero-order valence-electron chi connectivity index (χ0n) is 8.77. The Morgan fingerprint density at radius 2 is 1.93 bits per heavy atom. The smallest absolute Gasteiger partial charge is 0.330 e. The van der Waals surface area contributed by atoms with E-state index in [0.717, 1.165) is 11.1 Å². The molecule has 0 aliphatic rings. The average molecular weight is 202 g/mol. The highest BCUT2D eigenvalue weighted by atomic mass is 16.5. The first-order chi connectivity index (χ1) is 7.26. The normalized spacial score (nSPS) is 10.2. The molecule has 2 heteroatoms. The quantitative estimate of drug-likeness (QED) is 0.554. The summed E-state index contributed by atoms with van der Waals surface area (Å²) in [7, 11) is 0. The monoisotopic (exact) mass is 202 g/mol. The molecule has 0 bridgehead atoms. The Labute approximate surface area is 89.9 Å². The van der Waals surface area contributed by atoms with Crippen molar-refractivity contribution in [2.24, 2.45) is 0 Å². The average Bonchev–Trinajstić information content (AvgIpc) is 2.27. The number of benzene rings is 1. The lowest BCUT2D eigenvalue weighted by Gasteiger charge is -1.96. The first-order valence-corrected chi connectivity index (χ1v) is 4.83. The van der Waals surface area contributed by atoms with Crippen LogP contribution in [0.4, 0.5) is 0 Å². The Morgan fingerprint density at radius 3 is 2.47 bits per heavy atom. The van der Waals surface area contributed by atoms with Crippen molar-refractivity contribution in [3.05, 3.63) is 48.0 Å². The van der Waals surface area contributed by atoms with Crippen molar-refractivity contribution in [1.82, 2.24) is 0 Å². The van der Waals surface area contributed by atoms with Crippen molar-refractivity contribution in [3.8, 4) is 0 Å². The van der Waals surface area contributed by atoms with Crippen LogP contribution in [-0.2, 0) is 9.53 Å². The largest absolute Gasteiger partial charge is 0.463 e. The molecule has 0 N–H and O–H groups in total. The van der Waals surface area contributed by atoms with Crippen LogP contribution in [0.15, 0.2) is 36.9 Å². The Hall–Kier alpha value is -1.83. The first-order valence-electron chi connectivity index (χ1n) is 4.83. The number of carbonyl (C=O) groups is 1. The standard InChI is InChI=1S/C13H14O2/c1-3-11-5-7-12(8-6-11)9-10-13(14)15-4-2/h3,5-10H,1,4H2,2H3. The molecule has 0 aliphatic heterocycles. The molecule has 15 heavy (non-hydrogen) atoms. The molecule has 0 spiro atoms. The van der Waals surface area contributed by atoms with Crippen LogP contribution in [0, 0.1) is 0 Å². The van der Waals surface area contributed by atoms with Gasteiger partial charge in [-0.05, 0) is 24.1 Å². The van der Waals surface area contributed by atoms with Gasteiger partial charge in [-0.2, -0.15) is 0 Å². The molecule has 0 unspecified atom stereocenters. The van der Waals surface area contributed by atoms with E-state index < -0.39 is 0 Å². The predicted octanol–water partition coefficient (Wildman–Crippen LogP) is 2.91. The van der Waals surface area contributed by atoms with Gasteiger partial charge in [0.25, 0.3) is 0 Å². The van der Waals surface area contributed by atoms with E-state index in [1.54, 1.807) is 19.1 Å². The van der Waals surface area contributed by atoms with Crippen LogP contribution in [0.1, 0.15) is 18.1 Å². The van der Waals surface area contributed by atoms with Crippen LogP contribution in [0.2, 0.25) is 0 Å². The maximum atomic E-state index is 11.0. The highest BCUT2D eigenvalue weighted by molar-refractivity contribution is 5.87. The molecule has 0 atom stereocenters. The third-order valence-electron chi connectivity index (χ3n) is 1.87. The summed E-state index contributed by atoms with van der Waals surface area (Å²) < 4.78 is 4.77. The fourth-order valence-corrected chi connectivity index (χ4v) is 1.10. The number of ether oxygens (including phenoxy) is 1. The van der Waals surface area contributed by atoms with Crippen molar-refractivity contribution >= 4 is 18.1 Å². The van der Waals surface area contributed by atoms with Gasteiger partial charge in [-0.1, -0.05) is 36.9 Å². The van der Waals surface area contributed by atoms with Crippen LogP contribution in [0.3, 0.4) is 0 Å². The molecule has 78 valence electrons. The van der Waals surface area contributed by atoms with E-state index in [0.29, 0.717) is 6.61 Å². The second-order valence-corrected chi connectivity index (χ2v) is 2.96. The third kappa shape index (κ3) is 3.81. The summed E-state index contributed by atoms with van der Waals surface area (Å²) in [4.78, 5) is 11.0. The molecular formula is C13H14O2. The minimum absolute atomic E-state index is 0.315. The van der Waals surface area contributed by atoms with Gasteiger partial charge in [0, 0.05) is 6.08 Å². The van der Waals surface area contributed by atoms with E-state index >= 15 is 0 Å². The summed E-state index contributed by atoms with van der Waals surface area (Å²) in [5.41, 5.74) is 2.02. The molecule has 0 aliphatic carbocycles. The topological polar surface area (TPSA) is 26.3 Å². The maximum Gasteiger partial charge on any atom is 0.330 e. The van der Waals surface area contributed by atoms with Gasteiger partial charge in [-0.25, -0.2) is 4.79 Å². The molecule has 1 aromatic carbocycles. The van der Waals surface area contributed by atoms with Crippen molar-refractivity contribution in [1.29, 1.82) is 0 Å². The maximum absolute atomic E-state index is 11.0. The molecular weight excluding hydrogens is 188 g/mol. The van der Waals surface area contributed by atoms with Crippen molar-refractivity contribution in [2.75, 3.05) is 6.61 Å².